The highest BCUT2D eigenvalue weighted by Gasteiger charge is 2.30. The maximum atomic E-state index is 3.67. The molecule has 0 spiro atoms. The Bertz CT molecular complexity index is 358. The van der Waals surface area contributed by atoms with Crippen LogP contribution in [0.5, 0.6) is 0 Å². The molecule has 2 heteroatoms. The molecule has 1 aliphatic heterocycles. The van der Waals surface area contributed by atoms with Crippen molar-refractivity contribution in [2.24, 2.45) is 5.41 Å². The van der Waals surface area contributed by atoms with Crippen molar-refractivity contribution in [1.29, 1.82) is 0 Å². The molecule has 0 fully saturated rings. The van der Waals surface area contributed by atoms with Gasteiger partial charge in [-0.15, -0.1) is 11.8 Å². The molecule has 0 saturated carbocycles. The summed E-state index contributed by atoms with van der Waals surface area (Å²) in [5, 5.41) is 1.11. The lowest BCUT2D eigenvalue weighted by Crippen LogP contribution is -2.20. The lowest BCUT2D eigenvalue weighted by Gasteiger charge is -2.29. The SMILES string of the molecule is CCC(C)(CBr)CC1CSc2ccccc21. The fourth-order valence-electron chi connectivity index (χ4n) is 2.29. The van der Waals surface area contributed by atoms with Gasteiger partial charge in [0.15, 0.2) is 0 Å². The van der Waals surface area contributed by atoms with Crippen LogP contribution in [0, 0.1) is 5.41 Å². The highest BCUT2D eigenvalue weighted by Crippen LogP contribution is 2.45. The quantitative estimate of drug-likeness (QED) is 0.699. The Balaban J connectivity index is 2.14. The Labute approximate surface area is 111 Å². The number of halogens is 1. The molecule has 0 N–H and O–H groups in total. The Morgan fingerprint density at radius 2 is 2.19 bits per heavy atom. The summed E-state index contributed by atoms with van der Waals surface area (Å²) >= 11 is 5.69. The molecule has 1 aromatic rings. The van der Waals surface area contributed by atoms with Crippen molar-refractivity contribution < 1.29 is 0 Å². The molecule has 2 unspecified atom stereocenters. The van der Waals surface area contributed by atoms with Crippen LogP contribution in [0.3, 0.4) is 0 Å². The Hall–Kier alpha value is 0.0500. The van der Waals surface area contributed by atoms with Crippen molar-refractivity contribution in [1.82, 2.24) is 0 Å². The van der Waals surface area contributed by atoms with Gasteiger partial charge in [-0.05, 0) is 35.8 Å². The van der Waals surface area contributed by atoms with Gasteiger partial charge >= 0.3 is 0 Å². The summed E-state index contributed by atoms with van der Waals surface area (Å²) in [5.74, 6) is 2.02. The van der Waals surface area contributed by atoms with Crippen LogP contribution in [0.15, 0.2) is 29.2 Å². The second kappa shape index (κ2) is 5.14. The Kier molecular flexibility index (Phi) is 4.01. The summed E-state index contributed by atoms with van der Waals surface area (Å²) in [6.45, 7) is 4.70. The minimum atomic E-state index is 0.447. The number of thioether (sulfide) groups is 1. The maximum Gasteiger partial charge on any atom is 0.0107 e. The standard InChI is InChI=1S/C14H19BrS/c1-3-14(2,10-15)8-11-9-16-13-7-5-4-6-12(11)13/h4-7,11H,3,8-10H2,1-2H3. The Morgan fingerprint density at radius 1 is 1.44 bits per heavy atom. The first-order chi connectivity index (χ1) is 7.68. The van der Waals surface area contributed by atoms with Gasteiger partial charge in [-0.3, -0.25) is 0 Å². The average Bonchev–Trinajstić information content (AvgIpc) is 2.73. The van der Waals surface area contributed by atoms with E-state index in [1.54, 1.807) is 5.56 Å². The van der Waals surface area contributed by atoms with Gasteiger partial charge in [0.25, 0.3) is 0 Å². The summed E-state index contributed by atoms with van der Waals surface area (Å²) in [5.41, 5.74) is 2.02. The van der Waals surface area contributed by atoms with E-state index in [1.165, 1.54) is 23.5 Å². The monoisotopic (exact) mass is 298 g/mol. The number of rotatable bonds is 4. The maximum absolute atomic E-state index is 3.67. The van der Waals surface area contributed by atoms with Crippen molar-refractivity contribution in [2.75, 3.05) is 11.1 Å². The molecule has 0 amide bonds. The zero-order chi connectivity index (χ0) is 11.6. The number of fused-ring (bicyclic) bond motifs is 1. The molecule has 0 nitrogen and oxygen atoms in total. The van der Waals surface area contributed by atoms with Crippen LogP contribution in [0.2, 0.25) is 0 Å². The first-order valence-electron chi connectivity index (χ1n) is 5.96. The van der Waals surface area contributed by atoms with E-state index in [2.05, 4.69) is 54.0 Å². The predicted molar refractivity (Wildman–Crippen MR) is 76.7 cm³/mol. The molecule has 2 atom stereocenters. The molecule has 88 valence electrons. The van der Waals surface area contributed by atoms with Gasteiger partial charge in [0, 0.05) is 16.0 Å². The van der Waals surface area contributed by atoms with Crippen LogP contribution < -0.4 is 0 Å². The molecular formula is C14H19BrS. The second-order valence-electron chi connectivity index (χ2n) is 5.05. The number of alkyl halides is 1. The molecule has 1 aliphatic rings. The zero-order valence-corrected chi connectivity index (χ0v) is 12.4. The smallest absolute Gasteiger partial charge is 0.0107 e. The lowest BCUT2D eigenvalue weighted by atomic mass is 9.79. The van der Waals surface area contributed by atoms with E-state index in [4.69, 9.17) is 0 Å². The first-order valence-corrected chi connectivity index (χ1v) is 8.07. The Morgan fingerprint density at radius 3 is 2.88 bits per heavy atom. The molecule has 16 heavy (non-hydrogen) atoms. The van der Waals surface area contributed by atoms with E-state index in [-0.39, 0.29) is 0 Å². The molecule has 1 heterocycles. The fourth-order valence-corrected chi connectivity index (χ4v) is 4.17. The second-order valence-corrected chi connectivity index (χ2v) is 6.67. The molecule has 2 rings (SSSR count). The summed E-state index contributed by atoms with van der Waals surface area (Å²) < 4.78 is 0. The first kappa shape index (κ1) is 12.5. The van der Waals surface area contributed by atoms with Crippen LogP contribution in [0.4, 0.5) is 0 Å². The summed E-state index contributed by atoms with van der Waals surface area (Å²) in [7, 11) is 0. The average molecular weight is 299 g/mol. The molecule has 0 bridgehead atoms. The molecule has 0 radical (unpaired) electrons. The minimum Gasteiger partial charge on any atom is -0.125 e. The van der Waals surface area contributed by atoms with Gasteiger partial charge in [-0.25, -0.2) is 0 Å². The third kappa shape index (κ3) is 2.48. The van der Waals surface area contributed by atoms with E-state index in [0.717, 1.165) is 11.2 Å². The third-order valence-electron chi connectivity index (χ3n) is 3.71. The minimum absolute atomic E-state index is 0.447. The van der Waals surface area contributed by atoms with Crippen molar-refractivity contribution >= 4 is 27.7 Å². The van der Waals surface area contributed by atoms with E-state index in [0.29, 0.717) is 5.41 Å². The van der Waals surface area contributed by atoms with Gasteiger partial charge < -0.3 is 0 Å². The van der Waals surface area contributed by atoms with Gasteiger partial charge in [0.05, 0.1) is 0 Å². The van der Waals surface area contributed by atoms with Crippen molar-refractivity contribution in [3.05, 3.63) is 29.8 Å². The van der Waals surface area contributed by atoms with Crippen LogP contribution >= 0.6 is 27.7 Å². The molecule has 1 aromatic carbocycles. The fraction of sp³-hybridized carbons (Fsp3) is 0.571. The summed E-state index contributed by atoms with van der Waals surface area (Å²) in [6, 6.07) is 8.90. The zero-order valence-electron chi connectivity index (χ0n) is 10.0. The highest BCUT2D eigenvalue weighted by molar-refractivity contribution is 9.09. The largest absolute Gasteiger partial charge is 0.125 e. The van der Waals surface area contributed by atoms with Gasteiger partial charge in [0.1, 0.15) is 0 Å². The number of hydrogen-bond donors (Lipinski definition) is 0. The van der Waals surface area contributed by atoms with Crippen molar-refractivity contribution in [2.45, 2.75) is 37.5 Å². The highest BCUT2D eigenvalue weighted by atomic mass is 79.9. The van der Waals surface area contributed by atoms with Gasteiger partial charge in [-0.1, -0.05) is 48.0 Å². The molecule has 0 aliphatic carbocycles. The van der Waals surface area contributed by atoms with Crippen LogP contribution in [-0.2, 0) is 0 Å². The summed E-state index contributed by atoms with van der Waals surface area (Å²) in [6.07, 6.45) is 2.56. The van der Waals surface area contributed by atoms with E-state index < -0.39 is 0 Å². The van der Waals surface area contributed by atoms with E-state index >= 15 is 0 Å². The van der Waals surface area contributed by atoms with E-state index in [1.807, 2.05) is 11.8 Å². The molecule has 0 saturated heterocycles. The van der Waals surface area contributed by atoms with Crippen molar-refractivity contribution in [3.8, 4) is 0 Å². The predicted octanol–water partition coefficient (Wildman–Crippen LogP) is 5.08. The van der Waals surface area contributed by atoms with Gasteiger partial charge in [0.2, 0.25) is 0 Å². The van der Waals surface area contributed by atoms with Gasteiger partial charge in [-0.2, -0.15) is 0 Å². The lowest BCUT2D eigenvalue weighted by molar-refractivity contribution is 0.312. The molecule has 0 aromatic heterocycles. The number of benzene rings is 1. The van der Waals surface area contributed by atoms with E-state index in [9.17, 15) is 0 Å². The third-order valence-corrected chi connectivity index (χ3v) is 6.32. The summed E-state index contributed by atoms with van der Waals surface area (Å²) in [4.78, 5) is 1.50. The van der Waals surface area contributed by atoms with Crippen molar-refractivity contribution in [3.63, 3.8) is 0 Å². The normalized spacial score (nSPS) is 22.8. The van der Waals surface area contributed by atoms with Crippen LogP contribution in [0.25, 0.3) is 0 Å². The molecular weight excluding hydrogens is 280 g/mol. The topological polar surface area (TPSA) is 0 Å². The van der Waals surface area contributed by atoms with Crippen LogP contribution in [0.1, 0.15) is 38.2 Å². The number of hydrogen-bond acceptors (Lipinski definition) is 1. The van der Waals surface area contributed by atoms with Crippen LogP contribution in [-0.4, -0.2) is 11.1 Å².